The van der Waals surface area contributed by atoms with Gasteiger partial charge in [0.05, 0.1) is 6.61 Å². The zero-order chi connectivity index (χ0) is 10.9. The van der Waals surface area contributed by atoms with E-state index in [9.17, 15) is 4.79 Å². The quantitative estimate of drug-likeness (QED) is 0.785. The van der Waals surface area contributed by atoms with Crippen LogP contribution in [0.2, 0.25) is 0 Å². The fraction of sp³-hybridized carbons (Fsp3) is 0.625. The number of carbonyl (C=O) groups is 1. The van der Waals surface area contributed by atoms with Gasteiger partial charge in [0.15, 0.2) is 5.54 Å². The molecule has 1 atom stereocenters. The van der Waals surface area contributed by atoms with E-state index in [1.54, 1.807) is 0 Å². The highest BCUT2D eigenvalue weighted by Crippen LogP contribution is 2.26. The monoisotopic (exact) mass is 229 g/mol. The Hall–Kier alpha value is -1.21. The van der Waals surface area contributed by atoms with E-state index in [1.165, 1.54) is 11.3 Å². The third-order valence-corrected chi connectivity index (χ3v) is 3.06. The van der Waals surface area contributed by atoms with E-state index in [1.807, 2.05) is 6.92 Å². The molecule has 0 aromatic carbocycles. The van der Waals surface area contributed by atoms with Crippen molar-refractivity contribution >= 4 is 22.4 Å². The topological polar surface area (TPSA) is 84.3 Å². The van der Waals surface area contributed by atoms with E-state index >= 15 is 0 Å². The number of anilines is 1. The average molecular weight is 229 g/mol. The van der Waals surface area contributed by atoms with E-state index in [2.05, 4.69) is 15.5 Å². The number of hydrogen-bond donors (Lipinski definition) is 2. The molecule has 0 bridgehead atoms. The van der Waals surface area contributed by atoms with Crippen molar-refractivity contribution in [2.75, 3.05) is 18.5 Å². The second-order valence-electron chi connectivity index (χ2n) is 3.44. The highest BCUT2D eigenvalue weighted by atomic mass is 32.1. The second kappa shape index (κ2) is 3.74. The number of hydrogen-bond acceptors (Lipinski definition) is 6. The molecule has 1 saturated heterocycles. The molecule has 2 rings (SSSR count). The fourth-order valence-corrected chi connectivity index (χ4v) is 2.13. The lowest BCUT2D eigenvalue weighted by Crippen LogP contribution is -2.47. The van der Waals surface area contributed by atoms with Crippen LogP contribution in [0, 0.1) is 6.92 Å². The van der Waals surface area contributed by atoms with E-state index < -0.39 is 11.5 Å². The number of nitrogens with one attached hydrogen (secondary N) is 1. The molecule has 1 aliphatic rings. The van der Waals surface area contributed by atoms with Gasteiger partial charge in [-0.2, -0.15) is 0 Å². The molecule has 0 spiro atoms. The third kappa shape index (κ3) is 1.93. The van der Waals surface area contributed by atoms with Crippen molar-refractivity contribution in [1.29, 1.82) is 0 Å². The summed E-state index contributed by atoms with van der Waals surface area (Å²) < 4.78 is 5.11. The molecule has 1 aromatic rings. The van der Waals surface area contributed by atoms with E-state index in [0.717, 1.165) is 5.01 Å². The van der Waals surface area contributed by atoms with Crippen molar-refractivity contribution in [3.05, 3.63) is 5.01 Å². The van der Waals surface area contributed by atoms with Crippen LogP contribution in [-0.2, 0) is 9.53 Å². The Morgan fingerprint density at radius 1 is 1.67 bits per heavy atom. The van der Waals surface area contributed by atoms with Crippen molar-refractivity contribution < 1.29 is 14.6 Å². The van der Waals surface area contributed by atoms with Crippen molar-refractivity contribution in [3.63, 3.8) is 0 Å². The number of nitrogens with zero attached hydrogens (tertiary/aromatic N) is 2. The van der Waals surface area contributed by atoms with Crippen LogP contribution in [0.4, 0.5) is 5.13 Å². The van der Waals surface area contributed by atoms with Crippen LogP contribution in [0.1, 0.15) is 11.4 Å². The first-order valence-corrected chi connectivity index (χ1v) is 5.33. The minimum atomic E-state index is -1.04. The van der Waals surface area contributed by atoms with Gasteiger partial charge in [-0.3, -0.25) is 0 Å². The minimum Gasteiger partial charge on any atom is -0.479 e. The van der Waals surface area contributed by atoms with Crippen LogP contribution in [0.5, 0.6) is 0 Å². The molecule has 2 N–H and O–H groups in total. The van der Waals surface area contributed by atoms with Gasteiger partial charge in [0.25, 0.3) is 0 Å². The molecule has 82 valence electrons. The van der Waals surface area contributed by atoms with Crippen LogP contribution in [0.3, 0.4) is 0 Å². The third-order valence-electron chi connectivity index (χ3n) is 2.30. The number of aromatic nitrogens is 2. The molecular weight excluding hydrogens is 218 g/mol. The van der Waals surface area contributed by atoms with Gasteiger partial charge in [0.1, 0.15) is 5.01 Å². The van der Waals surface area contributed by atoms with Gasteiger partial charge in [0.2, 0.25) is 5.13 Å². The first kappa shape index (κ1) is 10.3. The van der Waals surface area contributed by atoms with Crippen molar-refractivity contribution in [1.82, 2.24) is 10.2 Å². The highest BCUT2D eigenvalue weighted by Gasteiger charge is 2.43. The summed E-state index contributed by atoms with van der Waals surface area (Å²) in [7, 11) is 0. The number of carboxylic acid groups (broad SMARTS) is 1. The lowest BCUT2D eigenvalue weighted by Gasteiger charge is -2.22. The minimum absolute atomic E-state index is 0.168. The maximum Gasteiger partial charge on any atom is 0.331 e. The summed E-state index contributed by atoms with van der Waals surface area (Å²) in [6.45, 7) is 2.44. The first-order valence-electron chi connectivity index (χ1n) is 4.52. The van der Waals surface area contributed by atoms with Crippen LogP contribution < -0.4 is 5.32 Å². The number of ether oxygens (including phenoxy) is 1. The summed E-state index contributed by atoms with van der Waals surface area (Å²) in [5, 5.41) is 21.0. The molecule has 7 heteroatoms. The molecule has 0 radical (unpaired) electrons. The summed E-state index contributed by atoms with van der Waals surface area (Å²) in [6, 6.07) is 0. The highest BCUT2D eigenvalue weighted by molar-refractivity contribution is 7.15. The summed E-state index contributed by atoms with van der Waals surface area (Å²) in [4.78, 5) is 11.1. The van der Waals surface area contributed by atoms with Gasteiger partial charge in [-0.1, -0.05) is 11.3 Å². The number of carboxylic acids is 1. The SMILES string of the molecule is Cc1nnc(NC2(C(=O)O)CCOC2)s1. The van der Waals surface area contributed by atoms with Gasteiger partial charge in [-0.25, -0.2) is 4.79 Å². The molecule has 2 heterocycles. The van der Waals surface area contributed by atoms with Crippen LogP contribution in [-0.4, -0.2) is 40.0 Å². The number of rotatable bonds is 3. The van der Waals surface area contributed by atoms with Gasteiger partial charge < -0.3 is 15.2 Å². The Morgan fingerprint density at radius 2 is 2.47 bits per heavy atom. The first-order chi connectivity index (χ1) is 7.12. The lowest BCUT2D eigenvalue weighted by molar-refractivity contribution is -0.142. The second-order valence-corrected chi connectivity index (χ2v) is 4.62. The Kier molecular flexibility index (Phi) is 2.57. The molecule has 15 heavy (non-hydrogen) atoms. The summed E-state index contributed by atoms with van der Waals surface area (Å²) in [5.74, 6) is -0.909. The Morgan fingerprint density at radius 3 is 2.93 bits per heavy atom. The maximum absolute atomic E-state index is 11.1. The van der Waals surface area contributed by atoms with Crippen molar-refractivity contribution in [2.45, 2.75) is 18.9 Å². The van der Waals surface area contributed by atoms with Gasteiger partial charge in [0, 0.05) is 13.0 Å². The standard InChI is InChI=1S/C8H11N3O3S/c1-5-10-11-7(15-5)9-8(6(12)13)2-3-14-4-8/h2-4H2,1H3,(H,9,11)(H,12,13). The Bertz CT molecular complexity index is 373. The molecule has 6 nitrogen and oxygen atoms in total. The smallest absolute Gasteiger partial charge is 0.331 e. The fourth-order valence-electron chi connectivity index (χ4n) is 1.44. The normalized spacial score (nSPS) is 25.4. The Balaban J connectivity index is 2.17. The zero-order valence-corrected chi connectivity index (χ0v) is 9.00. The van der Waals surface area contributed by atoms with E-state index in [0.29, 0.717) is 18.2 Å². The number of aryl methyl sites for hydroxylation is 1. The molecule has 1 unspecified atom stereocenters. The van der Waals surface area contributed by atoms with Gasteiger partial charge in [-0.05, 0) is 6.92 Å². The van der Waals surface area contributed by atoms with Crippen molar-refractivity contribution in [3.8, 4) is 0 Å². The molecule has 0 saturated carbocycles. The lowest BCUT2D eigenvalue weighted by atomic mass is 10.00. The van der Waals surface area contributed by atoms with Gasteiger partial charge >= 0.3 is 5.97 Å². The van der Waals surface area contributed by atoms with Gasteiger partial charge in [-0.15, -0.1) is 10.2 Å². The summed E-state index contributed by atoms with van der Waals surface area (Å²) in [6.07, 6.45) is 0.445. The Labute approximate surface area is 90.3 Å². The predicted octanol–water partition coefficient (Wildman–Crippen LogP) is 0.502. The van der Waals surface area contributed by atoms with Crippen LogP contribution in [0.25, 0.3) is 0 Å². The maximum atomic E-state index is 11.1. The summed E-state index contributed by atoms with van der Waals surface area (Å²) >= 11 is 1.34. The summed E-state index contributed by atoms with van der Waals surface area (Å²) in [5.41, 5.74) is -1.04. The number of aliphatic carboxylic acids is 1. The molecule has 0 aliphatic carbocycles. The van der Waals surface area contributed by atoms with E-state index in [4.69, 9.17) is 9.84 Å². The largest absolute Gasteiger partial charge is 0.479 e. The van der Waals surface area contributed by atoms with Crippen LogP contribution >= 0.6 is 11.3 Å². The molecule has 1 fully saturated rings. The molecule has 1 aliphatic heterocycles. The van der Waals surface area contributed by atoms with E-state index in [-0.39, 0.29) is 6.61 Å². The van der Waals surface area contributed by atoms with Crippen molar-refractivity contribution in [2.24, 2.45) is 0 Å². The van der Waals surface area contributed by atoms with Crippen LogP contribution in [0.15, 0.2) is 0 Å². The molecule has 1 aromatic heterocycles. The molecular formula is C8H11N3O3S. The average Bonchev–Trinajstić information content (AvgIpc) is 2.77. The predicted molar refractivity (Wildman–Crippen MR) is 54.1 cm³/mol. The molecule has 0 amide bonds. The zero-order valence-electron chi connectivity index (χ0n) is 8.19.